The van der Waals surface area contributed by atoms with E-state index in [1.807, 2.05) is 0 Å². The van der Waals surface area contributed by atoms with Gasteiger partial charge in [0.05, 0.1) is 6.04 Å². The summed E-state index contributed by atoms with van der Waals surface area (Å²) < 4.78 is 0. The molecule has 0 bridgehead atoms. The first kappa shape index (κ1) is 52.6. The topological polar surface area (TPSA) is 444 Å². The van der Waals surface area contributed by atoms with Crippen LogP contribution in [0.4, 0.5) is 0 Å². The van der Waals surface area contributed by atoms with E-state index in [0.29, 0.717) is 11.1 Å². The van der Waals surface area contributed by atoms with Crippen molar-refractivity contribution in [3.63, 3.8) is 0 Å². The lowest BCUT2D eigenvalue weighted by atomic mass is 10.0. The number of aliphatic imine (C=N–C) groups is 2. The smallest absolute Gasteiger partial charge is 0.326 e. The van der Waals surface area contributed by atoms with E-state index in [1.165, 1.54) is 24.3 Å². The van der Waals surface area contributed by atoms with E-state index in [9.17, 15) is 48.6 Å². The first-order valence-electron chi connectivity index (χ1n) is 20.2. The van der Waals surface area contributed by atoms with Crippen LogP contribution in [0.15, 0.2) is 64.6 Å². The van der Waals surface area contributed by atoms with Gasteiger partial charge >= 0.3 is 5.97 Å². The van der Waals surface area contributed by atoms with E-state index in [4.69, 9.17) is 40.1 Å². The molecule has 0 aliphatic heterocycles. The molecule has 0 spiro atoms. The highest BCUT2D eigenvalue weighted by Gasteiger charge is 2.33. The maximum absolute atomic E-state index is 14.2. The molecule has 0 saturated carbocycles. The summed E-state index contributed by atoms with van der Waals surface area (Å²) >= 11 is 0. The lowest BCUT2D eigenvalue weighted by Crippen LogP contribution is -2.59. The SMILES string of the molecule is NC(=O)CCC(N)C(=O)NC(CCC(N)=O)C(=O)NC(CCCN=C(N)N)C(=O)NC(CCCN=C(N)N)C(=O)NC(Cc1ccccc1)C(=O)NC(Cc1ccc(O)cc1)C(=O)O. The van der Waals surface area contributed by atoms with Crippen LogP contribution < -0.4 is 66.7 Å². The average molecular weight is 897 g/mol. The quantitative estimate of drug-likeness (QED) is 0.0209. The zero-order chi connectivity index (χ0) is 47.8. The summed E-state index contributed by atoms with van der Waals surface area (Å²) in [7, 11) is 0. The number of nitrogens with two attached hydrogens (primary N) is 7. The molecule has 0 saturated heterocycles. The van der Waals surface area contributed by atoms with Crippen molar-refractivity contribution in [1.82, 2.24) is 26.6 Å². The van der Waals surface area contributed by atoms with Gasteiger partial charge < -0.3 is 76.9 Å². The monoisotopic (exact) mass is 896 g/mol. The molecule has 0 aliphatic rings. The zero-order valence-electron chi connectivity index (χ0n) is 35.2. The van der Waals surface area contributed by atoms with E-state index >= 15 is 0 Å². The van der Waals surface area contributed by atoms with Crippen LogP contribution in [-0.4, -0.2) is 119 Å². The van der Waals surface area contributed by atoms with E-state index < -0.39 is 83.6 Å². The number of carboxylic acids is 1. The molecule has 64 heavy (non-hydrogen) atoms. The van der Waals surface area contributed by atoms with E-state index in [0.717, 1.165) is 0 Å². The molecule has 6 unspecified atom stereocenters. The predicted octanol–water partition coefficient (Wildman–Crippen LogP) is -4.35. The maximum Gasteiger partial charge on any atom is 0.326 e. The van der Waals surface area contributed by atoms with Gasteiger partial charge in [0.25, 0.3) is 0 Å². The number of primary amides is 2. The molecule has 0 aromatic heterocycles. The lowest BCUT2D eigenvalue weighted by Gasteiger charge is -2.27. The van der Waals surface area contributed by atoms with Gasteiger partial charge in [-0.05, 0) is 61.8 Å². The number of hydrogen-bond donors (Lipinski definition) is 14. The Morgan fingerprint density at radius 1 is 0.500 bits per heavy atom. The fourth-order valence-electron chi connectivity index (χ4n) is 6.02. The van der Waals surface area contributed by atoms with Crippen molar-refractivity contribution in [2.45, 2.75) is 100 Å². The Morgan fingerprint density at radius 3 is 1.36 bits per heavy atom. The Bertz CT molecular complexity index is 1960. The van der Waals surface area contributed by atoms with E-state index in [2.05, 4.69) is 36.6 Å². The second-order valence-electron chi connectivity index (χ2n) is 14.7. The molecule has 24 nitrogen and oxygen atoms in total. The number of aromatic hydroxyl groups is 1. The second-order valence-corrected chi connectivity index (χ2v) is 14.7. The minimum absolute atomic E-state index is 0.0152. The Balaban J connectivity index is 2.47. The van der Waals surface area contributed by atoms with Crippen molar-refractivity contribution in [3.8, 4) is 5.75 Å². The van der Waals surface area contributed by atoms with Gasteiger partial charge in [-0.15, -0.1) is 0 Å². The molecular weight excluding hydrogens is 837 g/mol. The summed E-state index contributed by atoms with van der Waals surface area (Å²) in [6.45, 7) is 0.0380. The minimum Gasteiger partial charge on any atom is -0.508 e. The van der Waals surface area contributed by atoms with Gasteiger partial charge in [0.1, 0.15) is 36.0 Å². The molecule has 0 aliphatic carbocycles. The van der Waals surface area contributed by atoms with E-state index in [1.54, 1.807) is 30.3 Å². The highest BCUT2D eigenvalue weighted by Crippen LogP contribution is 2.13. The highest BCUT2D eigenvalue weighted by atomic mass is 16.4. The molecule has 2 rings (SSSR count). The van der Waals surface area contributed by atoms with Gasteiger partial charge in [-0.25, -0.2) is 4.79 Å². The fraction of sp³-hybridized carbons (Fsp3) is 0.450. The Kier molecular flexibility index (Phi) is 22.6. The second kappa shape index (κ2) is 27.4. The van der Waals surface area contributed by atoms with E-state index in [-0.39, 0.29) is 95.0 Å². The molecule has 0 heterocycles. The number of carboxylic acid groups (broad SMARTS) is 1. The molecule has 350 valence electrons. The minimum atomic E-state index is -1.45. The summed E-state index contributed by atoms with van der Waals surface area (Å²) in [5.41, 5.74) is 39.3. The molecule has 21 N–H and O–H groups in total. The number of carbonyl (C=O) groups excluding carboxylic acids is 7. The molecular formula is C40H60N14O10. The number of benzene rings is 2. The molecule has 24 heteroatoms. The Hall–Kier alpha value is -7.50. The number of nitrogens with zero attached hydrogens (tertiary/aromatic N) is 2. The van der Waals surface area contributed by atoms with Gasteiger partial charge in [0.15, 0.2) is 11.9 Å². The normalized spacial score (nSPS) is 13.5. The summed E-state index contributed by atoms with van der Waals surface area (Å²) in [5.74, 6) is -7.85. The molecule has 7 amide bonds. The third-order valence-electron chi connectivity index (χ3n) is 9.41. The van der Waals surface area contributed by atoms with Crippen molar-refractivity contribution in [2.75, 3.05) is 13.1 Å². The summed E-state index contributed by atoms with van der Waals surface area (Å²) in [5, 5.41) is 32.3. The van der Waals surface area contributed by atoms with Crippen LogP contribution >= 0.6 is 0 Å². The number of aliphatic carboxylic acids is 1. The van der Waals surface area contributed by atoms with Crippen LogP contribution in [0.3, 0.4) is 0 Å². The largest absolute Gasteiger partial charge is 0.508 e. The van der Waals surface area contributed by atoms with Crippen LogP contribution in [0.1, 0.15) is 62.5 Å². The Morgan fingerprint density at radius 2 is 0.891 bits per heavy atom. The first-order valence-corrected chi connectivity index (χ1v) is 20.2. The molecule has 0 fully saturated rings. The lowest BCUT2D eigenvalue weighted by molar-refractivity contribution is -0.142. The van der Waals surface area contributed by atoms with Crippen molar-refractivity contribution in [2.24, 2.45) is 50.1 Å². The highest BCUT2D eigenvalue weighted by molar-refractivity contribution is 5.96. The van der Waals surface area contributed by atoms with Crippen molar-refractivity contribution in [1.29, 1.82) is 0 Å². The van der Waals surface area contributed by atoms with Crippen LogP contribution in [0, 0.1) is 0 Å². The van der Waals surface area contributed by atoms with Crippen LogP contribution in [0.25, 0.3) is 0 Å². The molecule has 0 radical (unpaired) electrons. The third-order valence-corrected chi connectivity index (χ3v) is 9.41. The summed E-state index contributed by atoms with van der Waals surface area (Å²) in [6, 6.07) is 5.85. The number of rotatable bonds is 29. The van der Waals surface area contributed by atoms with Gasteiger partial charge in [0, 0.05) is 38.8 Å². The number of guanidine groups is 2. The average Bonchev–Trinajstić information content (AvgIpc) is 3.23. The van der Waals surface area contributed by atoms with Crippen molar-refractivity contribution >= 4 is 59.2 Å². The standard InChI is InChI=1S/C40H60N14O10/c41-25(14-16-31(42)56)33(58)50-28(15-17-32(43)57)36(61)52-26(8-4-18-48-39(44)45)34(59)51-27(9-5-19-49-40(46)47)35(60)53-29(20-22-6-2-1-3-7-22)37(62)54-30(38(63)64)21-23-10-12-24(55)13-11-23/h1-3,6-7,10-13,25-30,55H,4-5,8-9,14-21,41H2,(H2,42,56)(H2,43,57)(H,50,58)(H,51,59)(H,52,61)(H,53,60)(H,54,62)(H,63,64)(H4,44,45,48)(H4,46,47,49). The number of amides is 7. The van der Waals surface area contributed by atoms with Gasteiger partial charge in [-0.1, -0.05) is 42.5 Å². The zero-order valence-corrected chi connectivity index (χ0v) is 35.2. The molecule has 2 aromatic rings. The Labute approximate surface area is 369 Å². The molecule has 2 aromatic carbocycles. The maximum atomic E-state index is 14.2. The van der Waals surface area contributed by atoms with Crippen molar-refractivity contribution in [3.05, 3.63) is 65.7 Å². The van der Waals surface area contributed by atoms with Crippen LogP contribution in [0.2, 0.25) is 0 Å². The number of phenols is 1. The van der Waals surface area contributed by atoms with Crippen LogP contribution in [0.5, 0.6) is 5.75 Å². The predicted molar refractivity (Wildman–Crippen MR) is 234 cm³/mol. The summed E-state index contributed by atoms with van der Waals surface area (Å²) in [6.07, 6.45) is -1.32. The molecule has 6 atom stereocenters. The number of hydrogen-bond acceptors (Lipinski definition) is 12. The van der Waals surface area contributed by atoms with Gasteiger partial charge in [-0.2, -0.15) is 0 Å². The fourth-order valence-corrected chi connectivity index (χ4v) is 6.02. The number of carbonyl (C=O) groups is 8. The number of nitrogens with one attached hydrogen (secondary N) is 5. The van der Waals surface area contributed by atoms with Gasteiger partial charge in [0.2, 0.25) is 41.4 Å². The van der Waals surface area contributed by atoms with Gasteiger partial charge in [-0.3, -0.25) is 43.5 Å². The van der Waals surface area contributed by atoms with Crippen molar-refractivity contribution < 1.29 is 48.6 Å². The summed E-state index contributed by atoms with van der Waals surface area (Å²) in [4.78, 5) is 112. The van der Waals surface area contributed by atoms with Crippen LogP contribution in [-0.2, 0) is 51.2 Å². The first-order chi connectivity index (χ1) is 30.2. The number of phenolic OH excluding ortho intramolecular Hbond substituents is 1. The third kappa shape index (κ3) is 20.8.